The molecule has 4 amide bonds. The molecule has 194 valence electrons. The number of esters is 2. The van der Waals surface area contributed by atoms with Gasteiger partial charge in [-0.25, -0.2) is 0 Å². The van der Waals surface area contributed by atoms with Crippen molar-refractivity contribution in [2.75, 3.05) is 0 Å². The molecular formula is C28H24N2O8. The van der Waals surface area contributed by atoms with Crippen molar-refractivity contribution in [1.82, 2.24) is 10.6 Å². The summed E-state index contributed by atoms with van der Waals surface area (Å²) in [5.74, 6) is -4.20. The highest BCUT2D eigenvalue weighted by atomic mass is 16.5. The van der Waals surface area contributed by atoms with Crippen molar-refractivity contribution in [3.05, 3.63) is 48.5 Å². The molecule has 2 aromatic carbocycles. The van der Waals surface area contributed by atoms with Gasteiger partial charge in [0, 0.05) is 0 Å². The summed E-state index contributed by atoms with van der Waals surface area (Å²) >= 11 is 0. The zero-order valence-electron chi connectivity index (χ0n) is 20.2. The third-order valence-electron chi connectivity index (χ3n) is 8.11. The molecule has 4 fully saturated rings. The molecule has 10 heteroatoms. The molecule has 10 nitrogen and oxygen atoms in total. The van der Waals surface area contributed by atoms with Crippen molar-refractivity contribution in [3.8, 4) is 22.6 Å². The Morgan fingerprint density at radius 1 is 0.526 bits per heavy atom. The topological polar surface area (TPSA) is 145 Å². The van der Waals surface area contributed by atoms with Crippen LogP contribution in [0.25, 0.3) is 11.1 Å². The molecule has 0 aromatic heterocycles. The van der Waals surface area contributed by atoms with Gasteiger partial charge >= 0.3 is 11.9 Å². The van der Waals surface area contributed by atoms with Gasteiger partial charge in [-0.15, -0.1) is 0 Å². The lowest BCUT2D eigenvalue weighted by Gasteiger charge is -2.12. The Hall–Kier alpha value is -4.34. The van der Waals surface area contributed by atoms with Crippen LogP contribution in [0, 0.1) is 35.5 Å². The Morgan fingerprint density at radius 2 is 0.816 bits per heavy atom. The zero-order chi connectivity index (χ0) is 26.6. The smallest absolute Gasteiger partial charge is 0.314 e. The third kappa shape index (κ3) is 4.25. The van der Waals surface area contributed by atoms with E-state index in [9.17, 15) is 28.8 Å². The second-order valence-corrected chi connectivity index (χ2v) is 10.4. The maximum absolute atomic E-state index is 12.6. The second kappa shape index (κ2) is 9.20. The minimum absolute atomic E-state index is 0.311. The summed E-state index contributed by atoms with van der Waals surface area (Å²) in [6, 6.07) is 13.9. The number of amides is 4. The van der Waals surface area contributed by atoms with E-state index in [4.69, 9.17) is 9.47 Å². The predicted octanol–water partition coefficient (Wildman–Crippen LogP) is 1.76. The van der Waals surface area contributed by atoms with Gasteiger partial charge in [-0.2, -0.15) is 0 Å². The first-order chi connectivity index (χ1) is 18.3. The average Bonchev–Trinajstić information content (AvgIpc) is 3.65. The second-order valence-electron chi connectivity index (χ2n) is 10.4. The summed E-state index contributed by atoms with van der Waals surface area (Å²) in [5.41, 5.74) is 1.71. The fraction of sp³-hybridized carbons (Fsp3) is 0.357. The summed E-state index contributed by atoms with van der Waals surface area (Å²) in [4.78, 5) is 72.5. The van der Waals surface area contributed by atoms with Crippen molar-refractivity contribution in [2.45, 2.75) is 25.7 Å². The summed E-state index contributed by atoms with van der Waals surface area (Å²) < 4.78 is 11.0. The van der Waals surface area contributed by atoms with Crippen LogP contribution in [0.5, 0.6) is 11.5 Å². The van der Waals surface area contributed by atoms with E-state index in [1.54, 1.807) is 48.5 Å². The van der Waals surface area contributed by atoms with Crippen LogP contribution >= 0.6 is 0 Å². The maximum atomic E-state index is 12.6. The Balaban J connectivity index is 1.03. The monoisotopic (exact) mass is 516 g/mol. The minimum Gasteiger partial charge on any atom is -0.426 e. The average molecular weight is 517 g/mol. The lowest BCUT2D eigenvalue weighted by Crippen LogP contribution is -2.27. The first-order valence-corrected chi connectivity index (χ1v) is 12.6. The van der Waals surface area contributed by atoms with Crippen LogP contribution < -0.4 is 20.1 Å². The van der Waals surface area contributed by atoms with Crippen LogP contribution in [0.2, 0.25) is 0 Å². The number of ether oxygens (including phenoxy) is 2. The molecule has 0 radical (unpaired) electrons. The summed E-state index contributed by atoms with van der Waals surface area (Å²) in [6.45, 7) is 0. The fourth-order valence-electron chi connectivity index (χ4n) is 6.06. The molecule has 2 saturated carbocycles. The Labute approximate surface area is 217 Å². The lowest BCUT2D eigenvalue weighted by molar-refractivity contribution is -0.140. The molecule has 2 heterocycles. The lowest BCUT2D eigenvalue weighted by atomic mass is 10.00. The third-order valence-corrected chi connectivity index (χ3v) is 8.11. The van der Waals surface area contributed by atoms with Crippen LogP contribution in [0.3, 0.4) is 0 Å². The number of rotatable bonds is 5. The van der Waals surface area contributed by atoms with Crippen molar-refractivity contribution >= 4 is 35.6 Å². The number of benzene rings is 2. The Morgan fingerprint density at radius 3 is 1.11 bits per heavy atom. The van der Waals surface area contributed by atoms with Gasteiger partial charge in [-0.3, -0.25) is 39.4 Å². The largest absolute Gasteiger partial charge is 0.426 e. The molecule has 4 aliphatic rings. The van der Waals surface area contributed by atoms with Crippen LogP contribution in [0.15, 0.2) is 48.5 Å². The van der Waals surface area contributed by atoms with Gasteiger partial charge in [-0.1, -0.05) is 24.3 Å². The van der Waals surface area contributed by atoms with Gasteiger partial charge in [0.2, 0.25) is 23.6 Å². The van der Waals surface area contributed by atoms with Gasteiger partial charge < -0.3 is 9.47 Å². The number of carbonyl (C=O) groups excluding carboxylic acids is 6. The number of carbonyl (C=O) groups is 6. The van der Waals surface area contributed by atoms with Crippen LogP contribution in [-0.2, 0) is 28.8 Å². The molecule has 2 N–H and O–H groups in total. The summed E-state index contributed by atoms with van der Waals surface area (Å²) in [5, 5.41) is 4.61. The summed E-state index contributed by atoms with van der Waals surface area (Å²) in [7, 11) is 0. The van der Waals surface area contributed by atoms with Crippen molar-refractivity contribution in [3.63, 3.8) is 0 Å². The van der Waals surface area contributed by atoms with E-state index in [1.807, 2.05) is 0 Å². The molecule has 0 bridgehead atoms. The normalized spacial score (nSPS) is 29.5. The first kappa shape index (κ1) is 24.0. The molecule has 2 aliphatic carbocycles. The van der Waals surface area contributed by atoms with Crippen molar-refractivity contribution < 1.29 is 38.2 Å². The SMILES string of the molecule is O=C(Oc1ccc(-c2ccc(OC(=O)C3CC4C(=O)NC(=O)C4C3)cc2)cc1)C1CC2C(=O)NC(=O)C2C1. The van der Waals surface area contributed by atoms with E-state index >= 15 is 0 Å². The van der Waals surface area contributed by atoms with E-state index in [1.165, 1.54) is 0 Å². The van der Waals surface area contributed by atoms with Gasteiger partial charge in [0.05, 0.1) is 35.5 Å². The van der Waals surface area contributed by atoms with E-state index in [0.29, 0.717) is 37.2 Å². The molecule has 4 atom stereocenters. The van der Waals surface area contributed by atoms with Gasteiger partial charge in [0.15, 0.2) is 0 Å². The predicted molar refractivity (Wildman–Crippen MR) is 129 cm³/mol. The van der Waals surface area contributed by atoms with E-state index in [2.05, 4.69) is 10.6 Å². The summed E-state index contributed by atoms with van der Waals surface area (Å²) in [6.07, 6.45) is 1.24. The molecule has 2 aromatic rings. The maximum Gasteiger partial charge on any atom is 0.314 e. The fourth-order valence-corrected chi connectivity index (χ4v) is 6.06. The van der Waals surface area contributed by atoms with E-state index in [-0.39, 0.29) is 23.6 Å². The van der Waals surface area contributed by atoms with E-state index < -0.39 is 47.4 Å². The van der Waals surface area contributed by atoms with E-state index in [0.717, 1.165) is 11.1 Å². The highest BCUT2D eigenvalue weighted by Crippen LogP contribution is 2.41. The molecule has 4 unspecified atom stereocenters. The first-order valence-electron chi connectivity index (χ1n) is 12.6. The molecule has 2 saturated heterocycles. The molecule has 0 spiro atoms. The highest BCUT2D eigenvalue weighted by molar-refractivity contribution is 6.06. The van der Waals surface area contributed by atoms with Gasteiger partial charge in [0.1, 0.15) is 11.5 Å². The standard InChI is InChI=1S/C28H24N2O8/c31-23-19-9-15(10-20(19)24(32)29-23)27(35)37-17-5-1-13(2-6-17)14-3-7-18(8-4-14)38-28(36)16-11-21-22(12-16)26(34)30-25(21)33/h1-8,15-16,19-22H,9-12H2,(H,29,31,32)(H,30,33,34). The number of nitrogens with one attached hydrogen (secondary N) is 2. The number of fused-ring (bicyclic) bond motifs is 2. The zero-order valence-corrected chi connectivity index (χ0v) is 20.2. The van der Waals surface area contributed by atoms with Crippen LogP contribution in [0.4, 0.5) is 0 Å². The van der Waals surface area contributed by atoms with Crippen LogP contribution in [-0.4, -0.2) is 35.6 Å². The highest BCUT2D eigenvalue weighted by Gasteiger charge is 2.51. The molecule has 2 aliphatic heterocycles. The number of imide groups is 2. The Kier molecular flexibility index (Phi) is 5.81. The van der Waals surface area contributed by atoms with Crippen molar-refractivity contribution in [2.24, 2.45) is 35.5 Å². The quantitative estimate of drug-likeness (QED) is 0.348. The molecular weight excluding hydrogens is 492 g/mol. The number of hydrogen-bond acceptors (Lipinski definition) is 8. The van der Waals surface area contributed by atoms with Crippen LogP contribution in [0.1, 0.15) is 25.7 Å². The van der Waals surface area contributed by atoms with Crippen molar-refractivity contribution in [1.29, 1.82) is 0 Å². The molecule has 6 rings (SSSR count). The molecule has 38 heavy (non-hydrogen) atoms. The minimum atomic E-state index is -0.489. The Bertz CT molecular complexity index is 1220. The van der Waals surface area contributed by atoms with Gasteiger partial charge in [0.25, 0.3) is 0 Å². The number of hydrogen-bond donors (Lipinski definition) is 2. The van der Waals surface area contributed by atoms with Gasteiger partial charge in [-0.05, 0) is 61.1 Å².